The Balaban J connectivity index is 1.99. The maximum atomic E-state index is 12.5. The van der Waals surface area contributed by atoms with Crippen molar-refractivity contribution < 1.29 is 9.53 Å². The number of halogens is 1. The summed E-state index contributed by atoms with van der Waals surface area (Å²) in [5, 5.41) is 0. The quantitative estimate of drug-likeness (QED) is 0.768. The molecule has 122 valence electrons. The summed E-state index contributed by atoms with van der Waals surface area (Å²) in [5.41, 5.74) is 1.25. The molecule has 1 heterocycles. The number of hydrogen-bond acceptors (Lipinski definition) is 2. The Morgan fingerprint density at radius 2 is 1.95 bits per heavy atom. The standard InChI is InChI=1S/C18H26BrNO2/c1-12(2)15-8-9-17(16(19)10-15)22-11-18(21)20-13(3)6-5-7-14(20)4/h8-10,12-14H,5-7,11H2,1-4H3/t13-,14-/m0/s1. The topological polar surface area (TPSA) is 29.5 Å². The molecule has 1 aliphatic heterocycles. The molecule has 1 saturated heterocycles. The van der Waals surface area contributed by atoms with Gasteiger partial charge in [-0.25, -0.2) is 0 Å². The summed E-state index contributed by atoms with van der Waals surface area (Å²) in [6.07, 6.45) is 3.38. The SMILES string of the molecule is CC(C)c1ccc(OCC(=O)N2[C@@H](C)CCC[C@@H]2C)c(Br)c1. The molecule has 0 bridgehead atoms. The normalized spacial score (nSPS) is 22.0. The molecule has 2 rings (SSSR count). The first-order chi connectivity index (χ1) is 10.4. The van der Waals surface area contributed by atoms with E-state index in [1.165, 1.54) is 12.0 Å². The smallest absolute Gasteiger partial charge is 0.260 e. The van der Waals surface area contributed by atoms with Crippen LogP contribution in [0.4, 0.5) is 0 Å². The number of carbonyl (C=O) groups is 1. The van der Waals surface area contributed by atoms with Crippen molar-refractivity contribution in [2.75, 3.05) is 6.61 Å². The highest BCUT2D eigenvalue weighted by atomic mass is 79.9. The van der Waals surface area contributed by atoms with Crippen LogP contribution < -0.4 is 4.74 Å². The van der Waals surface area contributed by atoms with Gasteiger partial charge >= 0.3 is 0 Å². The second-order valence-electron chi connectivity index (χ2n) is 6.56. The maximum absolute atomic E-state index is 12.5. The molecule has 1 fully saturated rings. The lowest BCUT2D eigenvalue weighted by atomic mass is 9.97. The Bertz CT molecular complexity index is 520. The van der Waals surface area contributed by atoms with Gasteiger partial charge < -0.3 is 9.64 Å². The number of nitrogens with zero attached hydrogens (tertiary/aromatic N) is 1. The largest absolute Gasteiger partial charge is 0.483 e. The molecular formula is C18H26BrNO2. The van der Waals surface area contributed by atoms with E-state index in [0.29, 0.717) is 18.0 Å². The minimum atomic E-state index is 0.0829. The molecule has 0 spiro atoms. The minimum absolute atomic E-state index is 0.0829. The monoisotopic (exact) mass is 367 g/mol. The zero-order chi connectivity index (χ0) is 16.3. The average molecular weight is 368 g/mol. The summed E-state index contributed by atoms with van der Waals surface area (Å²) in [7, 11) is 0. The van der Waals surface area contributed by atoms with E-state index in [4.69, 9.17) is 4.74 Å². The van der Waals surface area contributed by atoms with Crippen molar-refractivity contribution in [3.63, 3.8) is 0 Å². The highest BCUT2D eigenvalue weighted by Crippen LogP contribution is 2.29. The number of ether oxygens (including phenoxy) is 1. The van der Waals surface area contributed by atoms with Gasteiger partial charge in [-0.15, -0.1) is 0 Å². The summed E-state index contributed by atoms with van der Waals surface area (Å²) < 4.78 is 6.65. The second-order valence-corrected chi connectivity index (χ2v) is 7.42. The van der Waals surface area contributed by atoms with Gasteiger partial charge in [0.25, 0.3) is 5.91 Å². The van der Waals surface area contributed by atoms with Crippen molar-refractivity contribution in [1.82, 2.24) is 4.90 Å². The molecule has 2 atom stereocenters. The van der Waals surface area contributed by atoms with Gasteiger partial charge in [-0.1, -0.05) is 19.9 Å². The van der Waals surface area contributed by atoms with Gasteiger partial charge in [0.05, 0.1) is 4.47 Å². The van der Waals surface area contributed by atoms with E-state index in [0.717, 1.165) is 23.1 Å². The van der Waals surface area contributed by atoms with E-state index in [-0.39, 0.29) is 12.5 Å². The minimum Gasteiger partial charge on any atom is -0.483 e. The van der Waals surface area contributed by atoms with Crippen molar-refractivity contribution >= 4 is 21.8 Å². The number of benzene rings is 1. The van der Waals surface area contributed by atoms with Gasteiger partial charge in [0.15, 0.2) is 6.61 Å². The molecule has 0 N–H and O–H groups in total. The van der Waals surface area contributed by atoms with Crippen LogP contribution in [0.3, 0.4) is 0 Å². The molecule has 3 nitrogen and oxygen atoms in total. The van der Waals surface area contributed by atoms with Crippen molar-refractivity contribution in [2.24, 2.45) is 0 Å². The summed E-state index contributed by atoms with van der Waals surface area (Å²) in [4.78, 5) is 14.5. The van der Waals surface area contributed by atoms with Gasteiger partial charge in [-0.05, 0) is 72.7 Å². The predicted octanol–water partition coefficient (Wildman–Crippen LogP) is 4.74. The summed E-state index contributed by atoms with van der Waals surface area (Å²) in [6.45, 7) is 8.67. The fraction of sp³-hybridized carbons (Fsp3) is 0.611. The van der Waals surface area contributed by atoms with Crippen LogP contribution in [0.2, 0.25) is 0 Å². The molecule has 1 aromatic carbocycles. The van der Waals surface area contributed by atoms with Crippen LogP contribution in [0.5, 0.6) is 5.75 Å². The van der Waals surface area contributed by atoms with Gasteiger partial charge in [0, 0.05) is 12.1 Å². The van der Waals surface area contributed by atoms with Crippen molar-refractivity contribution in [1.29, 1.82) is 0 Å². The third kappa shape index (κ3) is 4.03. The molecule has 4 heteroatoms. The first-order valence-electron chi connectivity index (χ1n) is 8.13. The zero-order valence-corrected chi connectivity index (χ0v) is 15.5. The van der Waals surface area contributed by atoms with E-state index in [1.54, 1.807) is 0 Å². The molecular weight excluding hydrogens is 342 g/mol. The van der Waals surface area contributed by atoms with Crippen LogP contribution in [0, 0.1) is 0 Å². The van der Waals surface area contributed by atoms with E-state index >= 15 is 0 Å². The third-order valence-electron chi connectivity index (χ3n) is 4.46. The maximum Gasteiger partial charge on any atom is 0.260 e. The van der Waals surface area contributed by atoms with Crippen molar-refractivity contribution in [2.45, 2.75) is 65.0 Å². The zero-order valence-electron chi connectivity index (χ0n) is 13.9. The fourth-order valence-electron chi connectivity index (χ4n) is 3.12. The van der Waals surface area contributed by atoms with Gasteiger partial charge in [-0.2, -0.15) is 0 Å². The molecule has 0 unspecified atom stereocenters. The van der Waals surface area contributed by atoms with Crippen molar-refractivity contribution in [3.8, 4) is 5.75 Å². The van der Waals surface area contributed by atoms with Crippen LogP contribution >= 0.6 is 15.9 Å². The Kier molecular flexibility index (Phi) is 5.90. The van der Waals surface area contributed by atoms with E-state index in [9.17, 15) is 4.79 Å². The molecule has 1 aliphatic rings. The van der Waals surface area contributed by atoms with Crippen LogP contribution in [-0.2, 0) is 4.79 Å². The van der Waals surface area contributed by atoms with Crippen molar-refractivity contribution in [3.05, 3.63) is 28.2 Å². The van der Waals surface area contributed by atoms with Crippen LogP contribution in [-0.4, -0.2) is 29.5 Å². The molecule has 0 saturated carbocycles. The van der Waals surface area contributed by atoms with Crippen LogP contribution in [0.15, 0.2) is 22.7 Å². The molecule has 22 heavy (non-hydrogen) atoms. The number of amides is 1. The van der Waals surface area contributed by atoms with Gasteiger partial charge in [0.1, 0.15) is 5.75 Å². The Hall–Kier alpha value is -1.03. The predicted molar refractivity (Wildman–Crippen MR) is 93.3 cm³/mol. The summed E-state index contributed by atoms with van der Waals surface area (Å²) in [6, 6.07) is 6.69. The Morgan fingerprint density at radius 1 is 1.32 bits per heavy atom. The first kappa shape index (κ1) is 17.3. The third-order valence-corrected chi connectivity index (χ3v) is 5.07. The number of carbonyl (C=O) groups excluding carboxylic acids is 1. The number of piperidine rings is 1. The van der Waals surface area contributed by atoms with Crippen LogP contribution in [0.1, 0.15) is 58.4 Å². The summed E-state index contributed by atoms with van der Waals surface area (Å²) in [5.74, 6) is 1.29. The Labute approximate surface area is 142 Å². The number of likely N-dealkylation sites (tertiary alicyclic amines) is 1. The number of hydrogen-bond donors (Lipinski definition) is 0. The van der Waals surface area contributed by atoms with E-state index < -0.39 is 0 Å². The molecule has 1 amide bonds. The van der Waals surface area contributed by atoms with Gasteiger partial charge in [0.2, 0.25) is 0 Å². The lowest BCUT2D eigenvalue weighted by Crippen LogP contribution is -2.49. The first-order valence-corrected chi connectivity index (χ1v) is 8.93. The number of rotatable bonds is 4. The molecule has 1 aromatic rings. The molecule has 0 radical (unpaired) electrons. The average Bonchev–Trinajstić information content (AvgIpc) is 2.45. The summed E-state index contributed by atoms with van der Waals surface area (Å²) >= 11 is 3.54. The highest BCUT2D eigenvalue weighted by molar-refractivity contribution is 9.10. The highest BCUT2D eigenvalue weighted by Gasteiger charge is 2.29. The molecule has 0 aliphatic carbocycles. The lowest BCUT2D eigenvalue weighted by Gasteiger charge is -2.39. The fourth-order valence-corrected chi connectivity index (χ4v) is 3.63. The van der Waals surface area contributed by atoms with E-state index in [2.05, 4.69) is 55.8 Å². The molecule has 0 aromatic heterocycles. The van der Waals surface area contributed by atoms with Crippen LogP contribution in [0.25, 0.3) is 0 Å². The lowest BCUT2D eigenvalue weighted by molar-refractivity contribution is -0.139. The van der Waals surface area contributed by atoms with E-state index in [1.807, 2.05) is 11.0 Å². The van der Waals surface area contributed by atoms with Gasteiger partial charge in [-0.3, -0.25) is 4.79 Å². The Morgan fingerprint density at radius 3 is 2.50 bits per heavy atom. The second kappa shape index (κ2) is 7.49.